The summed E-state index contributed by atoms with van der Waals surface area (Å²) in [5.74, 6) is 1.55. The van der Waals surface area contributed by atoms with E-state index in [4.69, 9.17) is 9.47 Å². The molecule has 2 amide bonds. The van der Waals surface area contributed by atoms with Crippen molar-refractivity contribution in [2.24, 2.45) is 0 Å². The number of hydrogen-bond acceptors (Lipinski definition) is 3. The number of ether oxygens (including phenoxy) is 2. The highest BCUT2D eigenvalue weighted by Gasteiger charge is 2.30. The number of carbonyl (C=O) groups is 1. The predicted octanol–water partition coefficient (Wildman–Crippen LogP) is 4.07. The molecule has 0 aliphatic carbocycles. The van der Waals surface area contributed by atoms with Gasteiger partial charge in [0.2, 0.25) is 0 Å². The SMILES string of the molecule is COc1ccc([C@H]2CCCN2C(=O)Nc2cccc(OC)c2)cc1. The number of methoxy groups -OCH3 is 2. The molecule has 1 heterocycles. The van der Waals surface area contributed by atoms with E-state index < -0.39 is 0 Å². The molecule has 126 valence electrons. The van der Waals surface area contributed by atoms with E-state index in [1.165, 1.54) is 0 Å². The number of nitrogens with one attached hydrogen (secondary N) is 1. The van der Waals surface area contributed by atoms with E-state index >= 15 is 0 Å². The van der Waals surface area contributed by atoms with Crippen molar-refractivity contribution in [2.75, 3.05) is 26.1 Å². The van der Waals surface area contributed by atoms with Crippen molar-refractivity contribution in [2.45, 2.75) is 18.9 Å². The zero-order valence-corrected chi connectivity index (χ0v) is 14.0. The minimum absolute atomic E-state index is 0.0819. The Hall–Kier alpha value is -2.69. The summed E-state index contributed by atoms with van der Waals surface area (Å²) in [4.78, 5) is 14.6. The first-order valence-corrected chi connectivity index (χ1v) is 8.07. The van der Waals surface area contributed by atoms with Crippen LogP contribution in [-0.4, -0.2) is 31.7 Å². The number of anilines is 1. The van der Waals surface area contributed by atoms with Crippen LogP contribution < -0.4 is 14.8 Å². The van der Waals surface area contributed by atoms with Gasteiger partial charge in [-0.15, -0.1) is 0 Å². The molecule has 0 bridgehead atoms. The Kier molecular flexibility index (Phi) is 4.89. The zero-order valence-electron chi connectivity index (χ0n) is 14.0. The normalized spacial score (nSPS) is 16.8. The molecule has 5 heteroatoms. The molecule has 1 aliphatic heterocycles. The summed E-state index contributed by atoms with van der Waals surface area (Å²) in [5.41, 5.74) is 1.87. The van der Waals surface area contributed by atoms with Gasteiger partial charge in [0, 0.05) is 18.3 Å². The number of urea groups is 1. The molecule has 1 saturated heterocycles. The highest BCUT2D eigenvalue weighted by atomic mass is 16.5. The monoisotopic (exact) mass is 326 g/mol. The Labute approximate surface area is 142 Å². The van der Waals surface area contributed by atoms with Crippen LogP contribution >= 0.6 is 0 Å². The van der Waals surface area contributed by atoms with Crippen molar-refractivity contribution in [1.29, 1.82) is 0 Å². The number of likely N-dealkylation sites (tertiary alicyclic amines) is 1. The van der Waals surface area contributed by atoms with Crippen LogP contribution in [0.2, 0.25) is 0 Å². The topological polar surface area (TPSA) is 50.8 Å². The van der Waals surface area contributed by atoms with Gasteiger partial charge in [0.05, 0.1) is 20.3 Å². The van der Waals surface area contributed by atoms with E-state index in [-0.39, 0.29) is 12.1 Å². The second-order valence-electron chi connectivity index (χ2n) is 5.79. The van der Waals surface area contributed by atoms with Gasteiger partial charge in [-0.25, -0.2) is 4.79 Å². The lowest BCUT2D eigenvalue weighted by molar-refractivity contribution is 0.207. The average Bonchev–Trinajstić information content (AvgIpc) is 3.12. The van der Waals surface area contributed by atoms with E-state index in [0.29, 0.717) is 0 Å². The van der Waals surface area contributed by atoms with Crippen LogP contribution in [0, 0.1) is 0 Å². The van der Waals surface area contributed by atoms with Crippen molar-refractivity contribution >= 4 is 11.7 Å². The maximum Gasteiger partial charge on any atom is 0.322 e. The van der Waals surface area contributed by atoms with Crippen LogP contribution in [0.1, 0.15) is 24.4 Å². The van der Waals surface area contributed by atoms with Crippen molar-refractivity contribution < 1.29 is 14.3 Å². The van der Waals surface area contributed by atoms with Gasteiger partial charge < -0.3 is 19.7 Å². The molecule has 2 aromatic carbocycles. The molecule has 5 nitrogen and oxygen atoms in total. The van der Waals surface area contributed by atoms with Crippen molar-refractivity contribution in [3.63, 3.8) is 0 Å². The largest absolute Gasteiger partial charge is 0.497 e. The lowest BCUT2D eigenvalue weighted by atomic mass is 10.0. The Bertz CT molecular complexity index is 700. The minimum Gasteiger partial charge on any atom is -0.497 e. The number of rotatable bonds is 4. The van der Waals surface area contributed by atoms with Crippen LogP contribution in [0.25, 0.3) is 0 Å². The maximum absolute atomic E-state index is 12.7. The van der Waals surface area contributed by atoms with Gasteiger partial charge in [-0.3, -0.25) is 0 Å². The third-order valence-corrected chi connectivity index (χ3v) is 4.34. The molecule has 0 radical (unpaired) electrons. The summed E-state index contributed by atoms with van der Waals surface area (Å²) >= 11 is 0. The summed E-state index contributed by atoms with van der Waals surface area (Å²) < 4.78 is 10.4. The number of amides is 2. The van der Waals surface area contributed by atoms with Crippen LogP contribution in [-0.2, 0) is 0 Å². The van der Waals surface area contributed by atoms with Crippen LogP contribution in [0.5, 0.6) is 11.5 Å². The van der Waals surface area contributed by atoms with Gasteiger partial charge >= 0.3 is 6.03 Å². The van der Waals surface area contributed by atoms with Gasteiger partial charge in [-0.2, -0.15) is 0 Å². The van der Waals surface area contributed by atoms with E-state index in [1.54, 1.807) is 14.2 Å². The highest BCUT2D eigenvalue weighted by molar-refractivity contribution is 5.90. The third kappa shape index (κ3) is 3.45. The molecule has 24 heavy (non-hydrogen) atoms. The fraction of sp³-hybridized carbons (Fsp3) is 0.316. The van der Waals surface area contributed by atoms with E-state index in [1.807, 2.05) is 53.4 Å². The summed E-state index contributed by atoms with van der Waals surface area (Å²) in [6, 6.07) is 15.3. The number of hydrogen-bond donors (Lipinski definition) is 1. The molecule has 0 unspecified atom stereocenters. The molecule has 1 atom stereocenters. The number of benzene rings is 2. The Balaban J connectivity index is 1.72. The lowest BCUT2D eigenvalue weighted by Gasteiger charge is -2.25. The fourth-order valence-electron chi connectivity index (χ4n) is 3.08. The second-order valence-corrected chi connectivity index (χ2v) is 5.79. The second kappa shape index (κ2) is 7.25. The Morgan fingerprint density at radius 3 is 2.54 bits per heavy atom. The number of nitrogens with zero attached hydrogens (tertiary/aromatic N) is 1. The summed E-state index contributed by atoms with van der Waals surface area (Å²) in [5, 5.41) is 2.96. The van der Waals surface area contributed by atoms with Crippen molar-refractivity contribution in [1.82, 2.24) is 4.90 Å². The van der Waals surface area contributed by atoms with E-state index in [0.717, 1.165) is 42.1 Å². The van der Waals surface area contributed by atoms with Gasteiger partial charge in [0.25, 0.3) is 0 Å². The van der Waals surface area contributed by atoms with Gasteiger partial charge in [-0.05, 0) is 42.7 Å². The first-order valence-electron chi connectivity index (χ1n) is 8.07. The molecular weight excluding hydrogens is 304 g/mol. The Morgan fingerprint density at radius 2 is 1.83 bits per heavy atom. The average molecular weight is 326 g/mol. The molecule has 2 aromatic rings. The molecule has 0 spiro atoms. The summed E-state index contributed by atoms with van der Waals surface area (Å²) in [6.45, 7) is 0.756. The lowest BCUT2D eigenvalue weighted by Crippen LogP contribution is -2.34. The first-order chi connectivity index (χ1) is 11.7. The van der Waals surface area contributed by atoms with Gasteiger partial charge in [0.15, 0.2) is 0 Å². The van der Waals surface area contributed by atoms with Gasteiger partial charge in [-0.1, -0.05) is 18.2 Å². The van der Waals surface area contributed by atoms with E-state index in [9.17, 15) is 4.79 Å². The highest BCUT2D eigenvalue weighted by Crippen LogP contribution is 2.33. The minimum atomic E-state index is -0.0819. The Morgan fingerprint density at radius 1 is 1.08 bits per heavy atom. The van der Waals surface area contributed by atoms with Crippen molar-refractivity contribution in [3.05, 3.63) is 54.1 Å². The smallest absolute Gasteiger partial charge is 0.322 e. The summed E-state index contributed by atoms with van der Waals surface area (Å²) in [7, 11) is 3.26. The predicted molar refractivity (Wildman–Crippen MR) is 93.7 cm³/mol. The zero-order chi connectivity index (χ0) is 16.9. The third-order valence-electron chi connectivity index (χ3n) is 4.34. The molecule has 1 aliphatic rings. The maximum atomic E-state index is 12.7. The van der Waals surface area contributed by atoms with E-state index in [2.05, 4.69) is 5.32 Å². The standard InChI is InChI=1S/C19H22N2O3/c1-23-16-10-8-14(9-11-16)18-7-4-12-21(18)19(22)20-15-5-3-6-17(13-15)24-2/h3,5-6,8-11,13,18H,4,7,12H2,1-2H3,(H,20,22)/t18-/m1/s1. The molecule has 1 N–H and O–H groups in total. The van der Waals surface area contributed by atoms with Crippen molar-refractivity contribution in [3.8, 4) is 11.5 Å². The van der Waals surface area contributed by atoms with Gasteiger partial charge in [0.1, 0.15) is 11.5 Å². The van der Waals surface area contributed by atoms with Crippen LogP contribution in [0.3, 0.4) is 0 Å². The molecule has 1 fully saturated rings. The molecule has 0 saturated carbocycles. The molecular formula is C19H22N2O3. The molecule has 3 rings (SSSR count). The fourth-order valence-corrected chi connectivity index (χ4v) is 3.08. The van der Waals surface area contributed by atoms with Crippen LogP contribution in [0.15, 0.2) is 48.5 Å². The summed E-state index contributed by atoms with van der Waals surface area (Å²) in [6.07, 6.45) is 1.97. The molecule has 0 aromatic heterocycles. The van der Waals surface area contributed by atoms with Crippen LogP contribution in [0.4, 0.5) is 10.5 Å². The first kappa shape index (κ1) is 16.2. The quantitative estimate of drug-likeness (QED) is 0.921. The number of carbonyl (C=O) groups excluding carboxylic acids is 1.